The van der Waals surface area contributed by atoms with Crippen molar-refractivity contribution in [2.24, 2.45) is 4.99 Å². The molecule has 0 fully saturated rings. The molecule has 0 aliphatic rings. The number of nitrogens with zero attached hydrogens (tertiary/aromatic N) is 3. The highest BCUT2D eigenvalue weighted by atomic mass is 127. The quantitative estimate of drug-likeness (QED) is 0.261. The summed E-state index contributed by atoms with van der Waals surface area (Å²) in [7, 11) is 5.83. The predicted octanol–water partition coefficient (Wildman–Crippen LogP) is 4.00. The zero-order chi connectivity index (χ0) is 21.1. The van der Waals surface area contributed by atoms with Crippen LogP contribution in [0.25, 0.3) is 0 Å². The summed E-state index contributed by atoms with van der Waals surface area (Å²) in [6.07, 6.45) is 2.13. The van der Waals surface area contributed by atoms with E-state index < -0.39 is 0 Å². The second kappa shape index (κ2) is 14.2. The lowest BCUT2D eigenvalue weighted by Gasteiger charge is -2.15. The highest BCUT2D eigenvalue weighted by molar-refractivity contribution is 14.0. The van der Waals surface area contributed by atoms with Gasteiger partial charge in [0.2, 0.25) is 0 Å². The van der Waals surface area contributed by atoms with Gasteiger partial charge in [-0.3, -0.25) is 4.99 Å². The fourth-order valence-electron chi connectivity index (χ4n) is 3.01. The smallest absolute Gasteiger partial charge is 0.191 e. The highest BCUT2D eigenvalue weighted by Crippen LogP contribution is 2.22. The van der Waals surface area contributed by atoms with Crippen molar-refractivity contribution in [3.8, 4) is 5.75 Å². The summed E-state index contributed by atoms with van der Waals surface area (Å²) < 4.78 is 11.4. The van der Waals surface area contributed by atoms with Crippen molar-refractivity contribution in [2.75, 3.05) is 34.3 Å². The van der Waals surface area contributed by atoms with E-state index in [2.05, 4.69) is 45.6 Å². The highest BCUT2D eigenvalue weighted by Gasteiger charge is 2.13. The SMILES string of the molecule is CCC(CC)c1cc(CNC(=NC)NCc2ccccc2OCCN(C)C)on1.I. The third-order valence-electron chi connectivity index (χ3n) is 4.85. The van der Waals surface area contributed by atoms with Gasteiger partial charge in [0.05, 0.1) is 12.2 Å². The molecule has 0 atom stereocenters. The van der Waals surface area contributed by atoms with Crippen molar-refractivity contribution >= 4 is 29.9 Å². The van der Waals surface area contributed by atoms with Crippen LogP contribution < -0.4 is 15.4 Å². The van der Waals surface area contributed by atoms with E-state index in [0.717, 1.165) is 42.2 Å². The number of hydrogen-bond donors (Lipinski definition) is 2. The summed E-state index contributed by atoms with van der Waals surface area (Å²) >= 11 is 0. The second-order valence-electron chi connectivity index (χ2n) is 7.27. The molecule has 30 heavy (non-hydrogen) atoms. The first-order chi connectivity index (χ1) is 14.1. The Morgan fingerprint density at radius 1 is 1.17 bits per heavy atom. The topological polar surface area (TPSA) is 74.9 Å². The first kappa shape index (κ1) is 26.2. The van der Waals surface area contributed by atoms with Crippen molar-refractivity contribution < 1.29 is 9.26 Å². The Morgan fingerprint density at radius 2 is 1.87 bits per heavy atom. The number of halogens is 1. The molecule has 1 aromatic heterocycles. The minimum Gasteiger partial charge on any atom is -0.492 e. The molecule has 168 valence electrons. The number of nitrogens with one attached hydrogen (secondary N) is 2. The Bertz CT molecular complexity index is 759. The first-order valence-corrected chi connectivity index (χ1v) is 10.3. The number of hydrogen-bond acceptors (Lipinski definition) is 5. The summed E-state index contributed by atoms with van der Waals surface area (Å²) in [5, 5.41) is 10.8. The van der Waals surface area contributed by atoms with Gasteiger partial charge in [-0.2, -0.15) is 0 Å². The molecule has 7 nitrogen and oxygen atoms in total. The zero-order valence-corrected chi connectivity index (χ0v) is 21.1. The van der Waals surface area contributed by atoms with E-state index in [9.17, 15) is 0 Å². The third kappa shape index (κ3) is 8.51. The Morgan fingerprint density at radius 3 is 2.53 bits per heavy atom. The molecule has 0 bridgehead atoms. The van der Waals surface area contributed by atoms with Crippen molar-refractivity contribution in [2.45, 2.75) is 45.7 Å². The Labute approximate surface area is 197 Å². The predicted molar refractivity (Wildman–Crippen MR) is 133 cm³/mol. The summed E-state index contributed by atoms with van der Waals surface area (Å²) in [5.41, 5.74) is 2.11. The normalized spacial score (nSPS) is 11.5. The van der Waals surface area contributed by atoms with Gasteiger partial charge in [-0.1, -0.05) is 37.2 Å². The summed E-state index contributed by atoms with van der Waals surface area (Å²) in [6, 6.07) is 10.1. The molecule has 1 heterocycles. The molecule has 1 aromatic carbocycles. The van der Waals surface area contributed by atoms with Crippen LogP contribution in [0.15, 0.2) is 39.8 Å². The molecule has 0 aliphatic carbocycles. The van der Waals surface area contributed by atoms with E-state index in [1.807, 2.05) is 38.4 Å². The van der Waals surface area contributed by atoms with Crippen LogP contribution in [0.1, 0.15) is 49.6 Å². The number of para-hydroxylation sites is 1. The van der Waals surface area contributed by atoms with Gasteiger partial charge in [0.25, 0.3) is 0 Å². The van der Waals surface area contributed by atoms with Crippen molar-refractivity contribution in [3.05, 3.63) is 47.3 Å². The molecule has 0 amide bonds. The van der Waals surface area contributed by atoms with Crippen LogP contribution in [0.5, 0.6) is 5.75 Å². The minimum absolute atomic E-state index is 0. The molecule has 0 saturated heterocycles. The number of aliphatic imine (C=N–C) groups is 1. The number of benzene rings is 1. The van der Waals surface area contributed by atoms with Crippen LogP contribution in [0.2, 0.25) is 0 Å². The Kier molecular flexibility index (Phi) is 12.4. The van der Waals surface area contributed by atoms with E-state index in [1.165, 1.54) is 0 Å². The average molecular weight is 529 g/mol. The maximum atomic E-state index is 5.92. The maximum absolute atomic E-state index is 5.92. The van der Waals surface area contributed by atoms with Gasteiger partial charge >= 0.3 is 0 Å². The molecule has 2 rings (SSSR count). The Balaban J connectivity index is 0.00000450. The third-order valence-corrected chi connectivity index (χ3v) is 4.85. The lowest BCUT2D eigenvalue weighted by atomic mass is 9.99. The average Bonchev–Trinajstić information content (AvgIpc) is 3.18. The molecule has 0 radical (unpaired) electrons. The molecule has 0 spiro atoms. The van der Waals surface area contributed by atoms with E-state index in [0.29, 0.717) is 31.6 Å². The molecule has 0 saturated carbocycles. The fraction of sp³-hybridized carbons (Fsp3) is 0.545. The maximum Gasteiger partial charge on any atom is 0.191 e. The summed E-state index contributed by atoms with van der Waals surface area (Å²) in [4.78, 5) is 6.39. The van der Waals surface area contributed by atoms with Crippen LogP contribution in [-0.2, 0) is 13.1 Å². The number of rotatable bonds is 11. The lowest BCUT2D eigenvalue weighted by molar-refractivity contribution is 0.259. The molecule has 2 aromatic rings. The van der Waals surface area contributed by atoms with E-state index >= 15 is 0 Å². The van der Waals surface area contributed by atoms with Crippen LogP contribution >= 0.6 is 24.0 Å². The van der Waals surface area contributed by atoms with Gasteiger partial charge < -0.3 is 24.8 Å². The van der Waals surface area contributed by atoms with Crippen LogP contribution in [-0.4, -0.2) is 50.3 Å². The zero-order valence-electron chi connectivity index (χ0n) is 18.8. The number of guanidine groups is 1. The van der Waals surface area contributed by atoms with Crippen molar-refractivity contribution in [1.82, 2.24) is 20.7 Å². The van der Waals surface area contributed by atoms with Gasteiger partial charge in [-0.25, -0.2) is 0 Å². The van der Waals surface area contributed by atoms with E-state index in [-0.39, 0.29) is 24.0 Å². The molecule has 2 N–H and O–H groups in total. The van der Waals surface area contributed by atoms with Crippen LogP contribution in [0.4, 0.5) is 0 Å². The molecule has 0 aliphatic heterocycles. The van der Waals surface area contributed by atoms with Gasteiger partial charge in [0.15, 0.2) is 11.7 Å². The monoisotopic (exact) mass is 529 g/mol. The lowest BCUT2D eigenvalue weighted by Crippen LogP contribution is -2.36. The Hall–Kier alpha value is -1.81. The van der Waals surface area contributed by atoms with E-state index in [4.69, 9.17) is 9.26 Å². The van der Waals surface area contributed by atoms with Crippen LogP contribution in [0, 0.1) is 0 Å². The molecular weight excluding hydrogens is 493 g/mol. The van der Waals surface area contributed by atoms with E-state index in [1.54, 1.807) is 7.05 Å². The van der Waals surface area contributed by atoms with Crippen molar-refractivity contribution in [3.63, 3.8) is 0 Å². The van der Waals surface area contributed by atoms with Gasteiger partial charge in [0.1, 0.15) is 12.4 Å². The largest absolute Gasteiger partial charge is 0.492 e. The van der Waals surface area contributed by atoms with Crippen molar-refractivity contribution in [1.29, 1.82) is 0 Å². The number of likely N-dealkylation sites (N-methyl/N-ethyl adjacent to an activating group) is 1. The first-order valence-electron chi connectivity index (χ1n) is 10.3. The number of aromatic nitrogens is 1. The van der Waals surface area contributed by atoms with Crippen LogP contribution in [0.3, 0.4) is 0 Å². The van der Waals surface area contributed by atoms with Gasteiger partial charge in [-0.05, 0) is 33.0 Å². The molecule has 8 heteroatoms. The molecular formula is C22H36IN5O2. The summed E-state index contributed by atoms with van der Waals surface area (Å²) in [5.74, 6) is 2.85. The van der Waals surface area contributed by atoms with Gasteiger partial charge in [0, 0.05) is 37.7 Å². The molecule has 0 unspecified atom stereocenters. The minimum atomic E-state index is 0. The number of ether oxygens (including phenoxy) is 1. The summed E-state index contributed by atoms with van der Waals surface area (Å²) in [6.45, 7) is 7.03. The van der Waals surface area contributed by atoms with Gasteiger partial charge in [-0.15, -0.1) is 24.0 Å². The fourth-order valence-corrected chi connectivity index (χ4v) is 3.01. The second-order valence-corrected chi connectivity index (χ2v) is 7.27. The standard InChI is InChI=1S/C22H35N5O2.HI/c1-6-17(7-2)20-14-19(29-26-20)16-25-22(23-3)24-15-18-10-8-9-11-21(18)28-13-12-27(4)5;/h8-11,14,17H,6-7,12-13,15-16H2,1-5H3,(H2,23,24,25);1H.